The zero-order valence-corrected chi connectivity index (χ0v) is 16.2. The summed E-state index contributed by atoms with van der Waals surface area (Å²) in [5.41, 5.74) is 2.55. The number of ether oxygens (including phenoxy) is 2. The Balaban J connectivity index is 1.65. The van der Waals surface area contributed by atoms with Crippen LogP contribution in [0.1, 0.15) is 37.7 Å². The standard InChI is InChI=1S/C24H23NO4/c25-17-18-6-8-19(9-7-18)20-10-13-22(14-11-20)29-24(27)21-5-3-1-2-4-16-28-23(26)15-12-21/h6-15,21H,1-5,16H2/b15-12-. The molecule has 148 valence electrons. The monoisotopic (exact) mass is 389 g/mol. The Morgan fingerprint density at radius 2 is 1.62 bits per heavy atom. The fraction of sp³-hybridized carbons (Fsp3) is 0.292. The van der Waals surface area contributed by atoms with Crippen LogP contribution in [0.3, 0.4) is 0 Å². The van der Waals surface area contributed by atoms with Crippen LogP contribution >= 0.6 is 0 Å². The van der Waals surface area contributed by atoms with Crippen molar-refractivity contribution in [2.24, 2.45) is 5.92 Å². The predicted octanol–water partition coefficient (Wildman–Crippen LogP) is 4.81. The van der Waals surface area contributed by atoms with Crippen molar-refractivity contribution in [3.8, 4) is 22.9 Å². The Morgan fingerprint density at radius 3 is 2.31 bits per heavy atom. The number of nitrogens with zero attached hydrogens (tertiary/aromatic N) is 1. The lowest BCUT2D eigenvalue weighted by Gasteiger charge is -2.12. The molecular formula is C24H23NO4. The molecule has 0 fully saturated rings. The lowest BCUT2D eigenvalue weighted by atomic mass is 10.00. The number of carbonyl (C=O) groups excluding carboxylic acids is 2. The van der Waals surface area contributed by atoms with Crippen LogP contribution in [0.15, 0.2) is 60.7 Å². The lowest BCUT2D eigenvalue weighted by Crippen LogP contribution is -2.19. The zero-order chi connectivity index (χ0) is 20.5. The molecule has 5 heteroatoms. The summed E-state index contributed by atoms with van der Waals surface area (Å²) in [6, 6.07) is 16.6. The maximum Gasteiger partial charge on any atom is 0.330 e. The van der Waals surface area contributed by atoms with Gasteiger partial charge in [0.05, 0.1) is 24.2 Å². The van der Waals surface area contributed by atoms with Crippen LogP contribution in [-0.4, -0.2) is 18.5 Å². The molecule has 0 aliphatic carbocycles. The van der Waals surface area contributed by atoms with E-state index in [0.717, 1.165) is 36.8 Å². The van der Waals surface area contributed by atoms with Crippen LogP contribution in [-0.2, 0) is 14.3 Å². The Labute approximate surface area is 170 Å². The van der Waals surface area contributed by atoms with Gasteiger partial charge in [-0.1, -0.05) is 49.6 Å². The van der Waals surface area contributed by atoms with E-state index in [1.807, 2.05) is 24.3 Å². The average molecular weight is 389 g/mol. The van der Waals surface area contributed by atoms with Crippen LogP contribution in [0.2, 0.25) is 0 Å². The highest BCUT2D eigenvalue weighted by Gasteiger charge is 2.19. The van der Waals surface area contributed by atoms with Gasteiger partial charge in [-0.25, -0.2) is 4.79 Å². The molecule has 0 aromatic heterocycles. The molecule has 1 heterocycles. The second kappa shape index (κ2) is 10.2. The van der Waals surface area contributed by atoms with E-state index in [-0.39, 0.29) is 5.97 Å². The molecule has 0 N–H and O–H groups in total. The highest BCUT2D eigenvalue weighted by Crippen LogP contribution is 2.24. The van der Waals surface area contributed by atoms with E-state index in [2.05, 4.69) is 6.07 Å². The van der Waals surface area contributed by atoms with Gasteiger partial charge in [0.25, 0.3) is 0 Å². The summed E-state index contributed by atoms with van der Waals surface area (Å²) in [5.74, 6) is -0.813. The Hall–Kier alpha value is -3.39. The summed E-state index contributed by atoms with van der Waals surface area (Å²) in [5, 5.41) is 8.89. The number of hydrogen-bond acceptors (Lipinski definition) is 5. The summed E-state index contributed by atoms with van der Waals surface area (Å²) in [4.78, 5) is 24.3. The van der Waals surface area contributed by atoms with Crippen LogP contribution in [0, 0.1) is 17.2 Å². The first kappa shape index (κ1) is 20.3. The Morgan fingerprint density at radius 1 is 0.966 bits per heavy atom. The van der Waals surface area contributed by atoms with Gasteiger partial charge in [-0.15, -0.1) is 0 Å². The summed E-state index contributed by atoms with van der Waals surface area (Å²) >= 11 is 0. The fourth-order valence-corrected chi connectivity index (χ4v) is 3.17. The van der Waals surface area contributed by atoms with Gasteiger partial charge in [0.1, 0.15) is 5.75 Å². The number of cyclic esters (lactones) is 1. The number of nitriles is 1. The second-order valence-electron chi connectivity index (χ2n) is 6.97. The first-order valence-electron chi connectivity index (χ1n) is 9.83. The first-order valence-corrected chi connectivity index (χ1v) is 9.83. The van der Waals surface area contributed by atoms with Crippen molar-refractivity contribution in [1.82, 2.24) is 0 Å². The molecular weight excluding hydrogens is 366 g/mol. The zero-order valence-electron chi connectivity index (χ0n) is 16.2. The van der Waals surface area contributed by atoms with Gasteiger partial charge in [0.15, 0.2) is 0 Å². The Kier molecular flexibility index (Phi) is 7.18. The minimum atomic E-state index is -0.473. The van der Waals surface area contributed by atoms with Crippen molar-refractivity contribution in [2.75, 3.05) is 6.61 Å². The SMILES string of the molecule is N#Cc1ccc(-c2ccc(OC(=O)C3/C=C\C(=O)OCCCCCC3)cc2)cc1. The molecule has 3 rings (SSSR count). The third kappa shape index (κ3) is 6.05. The van der Waals surface area contributed by atoms with E-state index in [4.69, 9.17) is 14.7 Å². The van der Waals surface area contributed by atoms with Gasteiger partial charge in [-0.3, -0.25) is 4.79 Å². The molecule has 2 aromatic rings. The molecule has 0 radical (unpaired) electrons. The van der Waals surface area contributed by atoms with Crippen molar-refractivity contribution >= 4 is 11.9 Å². The van der Waals surface area contributed by atoms with E-state index in [1.165, 1.54) is 6.08 Å². The van der Waals surface area contributed by atoms with Crippen molar-refractivity contribution in [2.45, 2.75) is 32.1 Å². The molecule has 0 spiro atoms. The van der Waals surface area contributed by atoms with Gasteiger partial charge in [0.2, 0.25) is 0 Å². The maximum absolute atomic E-state index is 12.6. The maximum atomic E-state index is 12.6. The molecule has 1 aliphatic heterocycles. The van der Waals surface area contributed by atoms with Gasteiger partial charge in [-0.05, 0) is 48.2 Å². The summed E-state index contributed by atoms with van der Waals surface area (Å²) in [6.07, 6.45) is 7.27. The third-order valence-corrected chi connectivity index (χ3v) is 4.84. The predicted molar refractivity (Wildman–Crippen MR) is 109 cm³/mol. The molecule has 2 aromatic carbocycles. The van der Waals surface area contributed by atoms with Crippen LogP contribution < -0.4 is 4.74 Å². The molecule has 0 amide bonds. The van der Waals surface area contributed by atoms with E-state index >= 15 is 0 Å². The Bertz CT molecular complexity index is 907. The molecule has 1 aliphatic rings. The highest BCUT2D eigenvalue weighted by molar-refractivity contribution is 5.84. The normalized spacial score (nSPS) is 18.6. The average Bonchev–Trinajstić information content (AvgIpc) is 2.80. The number of carbonyl (C=O) groups is 2. The molecule has 5 nitrogen and oxygen atoms in total. The van der Waals surface area contributed by atoms with Crippen LogP contribution in [0.4, 0.5) is 0 Å². The highest BCUT2D eigenvalue weighted by atomic mass is 16.5. The van der Waals surface area contributed by atoms with Crippen LogP contribution in [0.5, 0.6) is 5.75 Å². The van der Waals surface area contributed by atoms with Gasteiger partial charge >= 0.3 is 11.9 Å². The number of benzene rings is 2. The lowest BCUT2D eigenvalue weighted by molar-refractivity contribution is -0.137. The minimum Gasteiger partial charge on any atom is -0.463 e. The summed E-state index contributed by atoms with van der Waals surface area (Å²) in [6.45, 7) is 0.421. The van der Waals surface area contributed by atoms with E-state index < -0.39 is 11.9 Å². The van der Waals surface area contributed by atoms with Crippen molar-refractivity contribution in [1.29, 1.82) is 5.26 Å². The van der Waals surface area contributed by atoms with Crippen molar-refractivity contribution in [3.63, 3.8) is 0 Å². The first-order chi connectivity index (χ1) is 14.2. The number of hydrogen-bond donors (Lipinski definition) is 0. The summed E-state index contributed by atoms with van der Waals surface area (Å²) < 4.78 is 10.6. The summed E-state index contributed by atoms with van der Waals surface area (Å²) in [7, 11) is 0. The minimum absolute atomic E-state index is 0.376. The molecule has 1 atom stereocenters. The third-order valence-electron chi connectivity index (χ3n) is 4.84. The molecule has 1 unspecified atom stereocenters. The van der Waals surface area contributed by atoms with E-state index in [0.29, 0.717) is 24.3 Å². The van der Waals surface area contributed by atoms with Gasteiger partial charge in [-0.2, -0.15) is 5.26 Å². The topological polar surface area (TPSA) is 76.4 Å². The molecule has 0 bridgehead atoms. The van der Waals surface area contributed by atoms with E-state index in [1.54, 1.807) is 30.3 Å². The fourth-order valence-electron chi connectivity index (χ4n) is 3.17. The number of esters is 2. The van der Waals surface area contributed by atoms with Crippen LogP contribution in [0.25, 0.3) is 11.1 Å². The second-order valence-corrected chi connectivity index (χ2v) is 6.97. The molecule has 0 saturated carbocycles. The molecule has 0 saturated heterocycles. The van der Waals surface area contributed by atoms with Gasteiger partial charge in [0, 0.05) is 6.08 Å². The largest absolute Gasteiger partial charge is 0.463 e. The smallest absolute Gasteiger partial charge is 0.330 e. The van der Waals surface area contributed by atoms with E-state index in [9.17, 15) is 9.59 Å². The number of rotatable bonds is 3. The molecule has 29 heavy (non-hydrogen) atoms. The quantitative estimate of drug-likeness (QED) is 0.556. The van der Waals surface area contributed by atoms with Crippen molar-refractivity contribution < 1.29 is 19.1 Å². The van der Waals surface area contributed by atoms with Gasteiger partial charge < -0.3 is 9.47 Å². The van der Waals surface area contributed by atoms with Crippen molar-refractivity contribution in [3.05, 3.63) is 66.2 Å².